The van der Waals surface area contributed by atoms with Crippen molar-refractivity contribution in [1.82, 2.24) is 4.98 Å². The molecular formula is C10H13NO3. The highest BCUT2D eigenvalue weighted by molar-refractivity contribution is 5.82. The molecule has 0 bridgehead atoms. The summed E-state index contributed by atoms with van der Waals surface area (Å²) >= 11 is 0. The predicted molar refractivity (Wildman–Crippen MR) is 50.9 cm³/mol. The first-order valence-electron chi connectivity index (χ1n) is 4.23. The van der Waals surface area contributed by atoms with E-state index in [9.17, 15) is 9.90 Å². The summed E-state index contributed by atoms with van der Waals surface area (Å²) in [4.78, 5) is 15.1. The minimum atomic E-state index is -0.882. The van der Waals surface area contributed by atoms with Gasteiger partial charge in [0.15, 0.2) is 0 Å². The molecule has 0 amide bonds. The second kappa shape index (κ2) is 3.65. The van der Waals surface area contributed by atoms with E-state index in [4.69, 9.17) is 0 Å². The largest absolute Gasteiger partial charge is 0.493 e. The molecule has 1 aromatic rings. The van der Waals surface area contributed by atoms with Crippen molar-refractivity contribution in [1.29, 1.82) is 0 Å². The Morgan fingerprint density at radius 1 is 1.57 bits per heavy atom. The molecule has 0 aliphatic heterocycles. The van der Waals surface area contributed by atoms with Crippen LogP contribution >= 0.6 is 0 Å². The van der Waals surface area contributed by atoms with Gasteiger partial charge in [0.1, 0.15) is 0 Å². The third-order valence-electron chi connectivity index (χ3n) is 2.16. The fraction of sp³-hybridized carbons (Fsp3) is 0.400. The van der Waals surface area contributed by atoms with Gasteiger partial charge in [-0.3, -0.25) is 4.79 Å². The van der Waals surface area contributed by atoms with Crippen LogP contribution in [0.3, 0.4) is 0 Å². The Balaban J connectivity index is 3.16. The molecule has 4 nitrogen and oxygen atoms in total. The Kier molecular flexibility index (Phi) is 2.74. The second-order valence-corrected chi connectivity index (χ2v) is 3.49. The zero-order chi connectivity index (χ0) is 10.8. The molecule has 0 radical (unpaired) electrons. The summed E-state index contributed by atoms with van der Waals surface area (Å²) in [5, 5.41) is 9.47. The molecule has 0 spiro atoms. The monoisotopic (exact) mass is 195 g/mol. The van der Waals surface area contributed by atoms with E-state index in [2.05, 4.69) is 9.72 Å². The number of pyridine rings is 1. The molecule has 14 heavy (non-hydrogen) atoms. The third-order valence-corrected chi connectivity index (χ3v) is 2.16. The molecule has 1 heterocycles. The van der Waals surface area contributed by atoms with Crippen LogP contribution in [-0.2, 0) is 14.9 Å². The summed E-state index contributed by atoms with van der Waals surface area (Å²) in [6.07, 6.45) is 1.46. The number of rotatable bonds is 2. The lowest BCUT2D eigenvalue weighted by Gasteiger charge is -2.21. The van der Waals surface area contributed by atoms with E-state index in [0.717, 1.165) is 0 Å². The summed E-state index contributed by atoms with van der Waals surface area (Å²) in [7, 11) is 1.32. The number of methoxy groups -OCH3 is 1. The smallest absolute Gasteiger partial charge is 0.315 e. The van der Waals surface area contributed by atoms with Gasteiger partial charge in [-0.15, -0.1) is 0 Å². The van der Waals surface area contributed by atoms with Crippen LogP contribution in [0.5, 0.6) is 5.88 Å². The van der Waals surface area contributed by atoms with Crippen molar-refractivity contribution in [2.24, 2.45) is 0 Å². The molecule has 4 heteroatoms. The van der Waals surface area contributed by atoms with E-state index in [1.54, 1.807) is 26.0 Å². The number of aromatic nitrogens is 1. The molecule has 0 aliphatic carbocycles. The van der Waals surface area contributed by atoms with Crippen LogP contribution in [0.1, 0.15) is 19.4 Å². The lowest BCUT2D eigenvalue weighted by Crippen LogP contribution is -2.30. The molecule has 0 saturated heterocycles. The Morgan fingerprint density at radius 2 is 2.21 bits per heavy atom. The zero-order valence-corrected chi connectivity index (χ0v) is 8.44. The normalized spacial score (nSPS) is 11.1. The summed E-state index contributed by atoms with van der Waals surface area (Å²) in [5.74, 6) is -0.538. The Hall–Kier alpha value is -1.58. The van der Waals surface area contributed by atoms with E-state index >= 15 is 0 Å². The molecule has 1 rings (SSSR count). The van der Waals surface area contributed by atoms with E-state index in [1.807, 2.05) is 0 Å². The maximum Gasteiger partial charge on any atom is 0.315 e. The quantitative estimate of drug-likeness (QED) is 0.721. The number of carbonyl (C=O) groups is 1. The van der Waals surface area contributed by atoms with Gasteiger partial charge >= 0.3 is 5.97 Å². The van der Waals surface area contributed by atoms with Crippen molar-refractivity contribution in [3.8, 4) is 5.88 Å². The summed E-state index contributed by atoms with van der Waals surface area (Å²) < 4.78 is 4.65. The molecule has 0 unspecified atom stereocenters. The topological polar surface area (TPSA) is 59.4 Å². The molecule has 0 saturated carbocycles. The number of hydrogen-bond acceptors (Lipinski definition) is 4. The Labute approximate surface area is 82.5 Å². The molecule has 1 N–H and O–H groups in total. The number of carbonyl (C=O) groups excluding carboxylic acids is 1. The highest BCUT2D eigenvalue weighted by Gasteiger charge is 2.33. The van der Waals surface area contributed by atoms with Crippen LogP contribution in [0.25, 0.3) is 0 Å². The van der Waals surface area contributed by atoms with Gasteiger partial charge in [-0.05, 0) is 19.9 Å². The van der Waals surface area contributed by atoms with Crippen LogP contribution in [0.2, 0.25) is 0 Å². The van der Waals surface area contributed by atoms with E-state index in [0.29, 0.717) is 5.56 Å². The summed E-state index contributed by atoms with van der Waals surface area (Å²) in [6.45, 7) is 3.35. The fourth-order valence-corrected chi connectivity index (χ4v) is 1.25. The van der Waals surface area contributed by atoms with Crippen molar-refractivity contribution < 1.29 is 14.6 Å². The molecule has 0 aliphatic rings. The average molecular weight is 195 g/mol. The number of nitrogens with zero attached hydrogens (tertiary/aromatic N) is 1. The number of esters is 1. The van der Waals surface area contributed by atoms with Crippen LogP contribution in [0.15, 0.2) is 18.3 Å². The number of aromatic hydroxyl groups is 1. The Bertz CT molecular complexity index is 347. The van der Waals surface area contributed by atoms with Crippen LogP contribution in [0, 0.1) is 0 Å². The van der Waals surface area contributed by atoms with Gasteiger partial charge in [-0.25, -0.2) is 4.98 Å². The van der Waals surface area contributed by atoms with Crippen LogP contribution < -0.4 is 0 Å². The highest BCUT2D eigenvalue weighted by atomic mass is 16.5. The molecule has 76 valence electrons. The summed E-state index contributed by atoms with van der Waals surface area (Å²) in [6, 6.07) is 3.32. The van der Waals surface area contributed by atoms with Crippen molar-refractivity contribution >= 4 is 5.97 Å². The highest BCUT2D eigenvalue weighted by Crippen LogP contribution is 2.29. The van der Waals surface area contributed by atoms with Gasteiger partial charge in [0.25, 0.3) is 0 Å². The minimum Gasteiger partial charge on any atom is -0.493 e. The van der Waals surface area contributed by atoms with Crippen molar-refractivity contribution in [3.05, 3.63) is 23.9 Å². The molecular weight excluding hydrogens is 182 g/mol. The zero-order valence-electron chi connectivity index (χ0n) is 8.44. The van der Waals surface area contributed by atoms with Gasteiger partial charge in [0, 0.05) is 11.8 Å². The molecule has 0 atom stereocenters. The fourth-order valence-electron chi connectivity index (χ4n) is 1.25. The standard InChI is InChI=1S/C10H13NO3/c1-10(2,9(13)14-3)7-5-4-6-11-8(7)12/h4-6H,1-3H3,(H,11,12). The molecule has 0 fully saturated rings. The van der Waals surface area contributed by atoms with Crippen molar-refractivity contribution in [2.45, 2.75) is 19.3 Å². The maximum atomic E-state index is 11.4. The van der Waals surface area contributed by atoms with E-state index in [1.165, 1.54) is 13.3 Å². The maximum absolute atomic E-state index is 11.4. The average Bonchev–Trinajstić information content (AvgIpc) is 2.17. The van der Waals surface area contributed by atoms with Crippen molar-refractivity contribution in [3.63, 3.8) is 0 Å². The Morgan fingerprint density at radius 3 is 2.71 bits per heavy atom. The van der Waals surface area contributed by atoms with Gasteiger partial charge in [-0.2, -0.15) is 0 Å². The van der Waals surface area contributed by atoms with Crippen LogP contribution in [-0.4, -0.2) is 23.2 Å². The van der Waals surface area contributed by atoms with E-state index in [-0.39, 0.29) is 5.88 Å². The number of hydrogen-bond donors (Lipinski definition) is 1. The molecule has 1 aromatic heterocycles. The summed E-state index contributed by atoms with van der Waals surface area (Å²) in [5.41, 5.74) is -0.417. The first-order valence-corrected chi connectivity index (χ1v) is 4.23. The van der Waals surface area contributed by atoms with Gasteiger partial charge < -0.3 is 9.84 Å². The van der Waals surface area contributed by atoms with Gasteiger partial charge in [-0.1, -0.05) is 6.07 Å². The third kappa shape index (κ3) is 1.69. The predicted octanol–water partition coefficient (Wildman–Crippen LogP) is 1.24. The van der Waals surface area contributed by atoms with Crippen LogP contribution in [0.4, 0.5) is 0 Å². The second-order valence-electron chi connectivity index (χ2n) is 3.49. The van der Waals surface area contributed by atoms with Crippen molar-refractivity contribution in [2.75, 3.05) is 7.11 Å². The lowest BCUT2D eigenvalue weighted by atomic mass is 9.85. The minimum absolute atomic E-state index is 0.136. The van der Waals surface area contributed by atoms with Gasteiger partial charge in [0.2, 0.25) is 5.88 Å². The lowest BCUT2D eigenvalue weighted by molar-refractivity contribution is -0.146. The first-order chi connectivity index (χ1) is 6.50. The molecule has 0 aromatic carbocycles. The van der Waals surface area contributed by atoms with E-state index < -0.39 is 11.4 Å². The SMILES string of the molecule is COC(=O)C(C)(C)c1cccnc1O. The van der Waals surface area contributed by atoms with Gasteiger partial charge in [0.05, 0.1) is 12.5 Å². The number of ether oxygens (including phenoxy) is 1. The first kappa shape index (κ1) is 10.5.